The van der Waals surface area contributed by atoms with Crippen LogP contribution < -0.4 is 0 Å². The standard InChI is InChI=1S/C25H16I4/c26-21-13-5-1-9-17(21)25(18-10-2-6-14-22(18)27,19-11-3-7-15-23(19)28)20-12-4-8-16-24(20)29/h1-16H. The minimum absolute atomic E-state index is 0.398. The molecule has 0 saturated heterocycles. The van der Waals surface area contributed by atoms with E-state index >= 15 is 0 Å². The third kappa shape index (κ3) is 4.03. The fourth-order valence-corrected chi connectivity index (χ4v) is 7.10. The molecule has 4 aromatic carbocycles. The number of hydrogen-bond donors (Lipinski definition) is 0. The van der Waals surface area contributed by atoms with Crippen molar-refractivity contribution in [2.45, 2.75) is 5.41 Å². The summed E-state index contributed by atoms with van der Waals surface area (Å²) in [5.41, 5.74) is 4.87. The second-order valence-electron chi connectivity index (χ2n) is 6.67. The van der Waals surface area contributed by atoms with Crippen molar-refractivity contribution in [1.82, 2.24) is 0 Å². The summed E-state index contributed by atoms with van der Waals surface area (Å²) in [6.07, 6.45) is 0. The van der Waals surface area contributed by atoms with Gasteiger partial charge in [0, 0.05) is 14.3 Å². The van der Waals surface area contributed by atoms with Crippen LogP contribution in [0.2, 0.25) is 0 Å². The Kier molecular flexibility index (Phi) is 7.22. The third-order valence-corrected chi connectivity index (χ3v) is 8.87. The zero-order valence-electron chi connectivity index (χ0n) is 15.2. The van der Waals surface area contributed by atoms with E-state index in [-0.39, 0.29) is 0 Å². The third-order valence-electron chi connectivity index (χ3n) is 5.11. The topological polar surface area (TPSA) is 0 Å². The van der Waals surface area contributed by atoms with Gasteiger partial charge in [0.1, 0.15) is 0 Å². The maximum absolute atomic E-state index is 2.49. The van der Waals surface area contributed by atoms with Gasteiger partial charge in [0.05, 0.1) is 5.41 Å². The van der Waals surface area contributed by atoms with E-state index in [9.17, 15) is 0 Å². The maximum atomic E-state index is 2.49. The van der Waals surface area contributed by atoms with Crippen molar-refractivity contribution >= 4 is 90.4 Å². The first-order chi connectivity index (χ1) is 14.1. The number of halogens is 4. The highest BCUT2D eigenvalue weighted by Gasteiger charge is 2.43. The van der Waals surface area contributed by atoms with Crippen molar-refractivity contribution in [3.05, 3.63) is 134 Å². The van der Waals surface area contributed by atoms with Crippen LogP contribution in [0, 0.1) is 14.3 Å². The van der Waals surface area contributed by atoms with Crippen LogP contribution in [0.15, 0.2) is 97.1 Å². The Morgan fingerprint density at radius 2 is 0.552 bits per heavy atom. The highest BCUT2D eigenvalue weighted by Crippen LogP contribution is 2.50. The minimum Gasteiger partial charge on any atom is -0.0619 e. The molecule has 29 heavy (non-hydrogen) atoms. The Labute approximate surface area is 226 Å². The Bertz CT molecular complexity index is 979. The molecule has 4 rings (SSSR count). The second kappa shape index (κ2) is 9.52. The molecule has 0 bridgehead atoms. The molecule has 0 unspecified atom stereocenters. The van der Waals surface area contributed by atoms with Crippen molar-refractivity contribution in [3.8, 4) is 0 Å². The first-order valence-electron chi connectivity index (χ1n) is 9.07. The van der Waals surface area contributed by atoms with Crippen LogP contribution in [0.25, 0.3) is 0 Å². The Hall–Kier alpha value is -0.200. The fourth-order valence-electron chi connectivity index (χ4n) is 3.93. The molecule has 4 heteroatoms. The summed E-state index contributed by atoms with van der Waals surface area (Å²) in [6.45, 7) is 0. The molecule has 4 aromatic rings. The number of hydrogen-bond acceptors (Lipinski definition) is 0. The van der Waals surface area contributed by atoms with E-state index in [0.717, 1.165) is 0 Å². The Morgan fingerprint density at radius 3 is 0.759 bits per heavy atom. The summed E-state index contributed by atoms with van der Waals surface area (Å²) in [4.78, 5) is 0. The van der Waals surface area contributed by atoms with Gasteiger partial charge in [-0.2, -0.15) is 0 Å². The van der Waals surface area contributed by atoms with Gasteiger partial charge < -0.3 is 0 Å². The predicted molar refractivity (Wildman–Crippen MR) is 156 cm³/mol. The largest absolute Gasteiger partial charge is 0.0742 e. The molecule has 0 nitrogen and oxygen atoms in total. The summed E-state index contributed by atoms with van der Waals surface area (Å²) >= 11 is 9.97. The molecule has 144 valence electrons. The molecule has 0 saturated carbocycles. The minimum atomic E-state index is -0.398. The van der Waals surface area contributed by atoms with Crippen LogP contribution in [0.1, 0.15) is 22.3 Å². The van der Waals surface area contributed by atoms with Crippen molar-refractivity contribution in [3.63, 3.8) is 0 Å². The van der Waals surface area contributed by atoms with E-state index in [2.05, 4.69) is 187 Å². The van der Waals surface area contributed by atoms with Gasteiger partial charge in [-0.3, -0.25) is 0 Å². The van der Waals surface area contributed by atoms with Crippen molar-refractivity contribution in [2.24, 2.45) is 0 Å². The monoisotopic (exact) mass is 824 g/mol. The molecule has 0 heterocycles. The zero-order valence-corrected chi connectivity index (χ0v) is 23.9. The van der Waals surface area contributed by atoms with E-state index in [1.54, 1.807) is 0 Å². The lowest BCUT2D eigenvalue weighted by Gasteiger charge is -2.39. The molecule has 0 N–H and O–H groups in total. The van der Waals surface area contributed by atoms with Crippen molar-refractivity contribution in [1.29, 1.82) is 0 Å². The summed E-state index contributed by atoms with van der Waals surface area (Å²) in [5, 5.41) is 0. The van der Waals surface area contributed by atoms with Gasteiger partial charge in [0.25, 0.3) is 0 Å². The van der Waals surface area contributed by atoms with Crippen LogP contribution in [0.3, 0.4) is 0 Å². The van der Waals surface area contributed by atoms with Crippen molar-refractivity contribution in [2.75, 3.05) is 0 Å². The zero-order chi connectivity index (χ0) is 20.4. The molecule has 0 spiro atoms. The van der Waals surface area contributed by atoms with E-state index in [1.165, 1.54) is 36.5 Å². The molecule has 0 fully saturated rings. The summed E-state index contributed by atoms with van der Waals surface area (Å²) in [6, 6.07) is 35.1. The van der Waals surface area contributed by atoms with Crippen LogP contribution in [-0.4, -0.2) is 0 Å². The molecule has 0 aliphatic rings. The number of rotatable bonds is 4. The smallest absolute Gasteiger partial charge is 0.0619 e. The van der Waals surface area contributed by atoms with Crippen LogP contribution in [0.5, 0.6) is 0 Å². The molecule has 0 aliphatic carbocycles. The lowest BCUT2D eigenvalue weighted by atomic mass is 9.65. The van der Waals surface area contributed by atoms with E-state index < -0.39 is 5.41 Å². The van der Waals surface area contributed by atoms with Gasteiger partial charge in [-0.05, 0) is 137 Å². The van der Waals surface area contributed by atoms with E-state index in [4.69, 9.17) is 0 Å². The average Bonchev–Trinajstić information content (AvgIpc) is 2.73. The van der Waals surface area contributed by atoms with E-state index in [0.29, 0.717) is 0 Å². The number of benzene rings is 4. The normalized spacial score (nSPS) is 11.4. The lowest BCUT2D eigenvalue weighted by Crippen LogP contribution is -2.34. The maximum Gasteiger partial charge on any atom is 0.0742 e. The average molecular weight is 824 g/mol. The molecular weight excluding hydrogens is 808 g/mol. The first-order valence-corrected chi connectivity index (χ1v) is 13.4. The summed E-state index contributed by atoms with van der Waals surface area (Å²) < 4.78 is 5.07. The van der Waals surface area contributed by atoms with Crippen LogP contribution >= 0.6 is 90.4 Å². The quantitative estimate of drug-likeness (QED) is 0.143. The second-order valence-corrected chi connectivity index (χ2v) is 11.3. The van der Waals surface area contributed by atoms with Crippen LogP contribution in [-0.2, 0) is 5.41 Å². The van der Waals surface area contributed by atoms with Gasteiger partial charge in [0.15, 0.2) is 0 Å². The van der Waals surface area contributed by atoms with E-state index in [1.807, 2.05) is 0 Å². The van der Waals surface area contributed by atoms with Crippen molar-refractivity contribution < 1.29 is 0 Å². The molecule has 0 amide bonds. The Balaban J connectivity index is 2.28. The molecule has 0 atom stereocenters. The highest BCUT2D eigenvalue weighted by molar-refractivity contribution is 14.1. The van der Waals surface area contributed by atoms with Gasteiger partial charge in [-0.15, -0.1) is 0 Å². The highest BCUT2D eigenvalue weighted by atomic mass is 127. The van der Waals surface area contributed by atoms with Gasteiger partial charge in [0.2, 0.25) is 0 Å². The molecule has 0 radical (unpaired) electrons. The Morgan fingerprint density at radius 1 is 0.345 bits per heavy atom. The predicted octanol–water partition coefficient (Wildman–Crippen LogP) is 8.49. The summed E-state index contributed by atoms with van der Waals surface area (Å²) in [7, 11) is 0. The molecule has 0 aromatic heterocycles. The van der Waals surface area contributed by atoms with Gasteiger partial charge >= 0.3 is 0 Å². The SMILES string of the molecule is Ic1ccccc1C(c1ccccc1I)(c1ccccc1I)c1ccccc1I. The fraction of sp³-hybridized carbons (Fsp3) is 0.0400. The van der Waals surface area contributed by atoms with Gasteiger partial charge in [-0.1, -0.05) is 72.8 Å². The molecular formula is C25H16I4. The van der Waals surface area contributed by atoms with Crippen LogP contribution in [0.4, 0.5) is 0 Å². The lowest BCUT2D eigenvalue weighted by molar-refractivity contribution is 0.726. The summed E-state index contributed by atoms with van der Waals surface area (Å²) in [5.74, 6) is 0. The molecule has 0 aliphatic heterocycles. The van der Waals surface area contributed by atoms with Gasteiger partial charge in [-0.25, -0.2) is 0 Å². The first kappa shape index (κ1) is 22.0.